The lowest BCUT2D eigenvalue weighted by Crippen LogP contribution is -2.30. The van der Waals surface area contributed by atoms with Gasteiger partial charge >= 0.3 is 0 Å². The predicted molar refractivity (Wildman–Crippen MR) is 92.9 cm³/mol. The molecule has 0 saturated heterocycles. The molecule has 0 spiro atoms. The number of hydrogen-bond donors (Lipinski definition) is 1. The molecule has 22 heavy (non-hydrogen) atoms. The molecule has 0 atom stereocenters. The molecule has 0 radical (unpaired) electrons. The number of amides is 1. The van der Waals surface area contributed by atoms with Crippen LogP contribution in [0, 0.1) is 0 Å². The molecule has 6 heteroatoms. The van der Waals surface area contributed by atoms with Gasteiger partial charge in [0.05, 0.1) is 22.3 Å². The van der Waals surface area contributed by atoms with E-state index < -0.39 is 0 Å². The number of halogens is 3. The molecule has 0 aromatic heterocycles. The van der Waals surface area contributed by atoms with Gasteiger partial charge in [0.15, 0.2) is 0 Å². The van der Waals surface area contributed by atoms with Crippen molar-refractivity contribution in [2.45, 2.75) is 6.54 Å². The van der Waals surface area contributed by atoms with Crippen LogP contribution in [0.5, 0.6) is 0 Å². The van der Waals surface area contributed by atoms with Gasteiger partial charge in [0.25, 0.3) is 0 Å². The Hall–Kier alpha value is -1.26. The van der Waals surface area contributed by atoms with Gasteiger partial charge in [-0.15, -0.1) is 0 Å². The summed E-state index contributed by atoms with van der Waals surface area (Å²) in [6.45, 7) is 0.866. The Labute approximate surface area is 144 Å². The Morgan fingerprint density at radius 2 is 1.64 bits per heavy atom. The van der Waals surface area contributed by atoms with Crippen LogP contribution in [0.3, 0.4) is 0 Å². The van der Waals surface area contributed by atoms with E-state index in [9.17, 15) is 4.79 Å². The number of anilines is 1. The number of nitrogens with one attached hydrogen (secondary N) is 1. The van der Waals surface area contributed by atoms with Crippen LogP contribution in [0.1, 0.15) is 5.56 Å². The van der Waals surface area contributed by atoms with Crippen molar-refractivity contribution in [2.24, 2.45) is 0 Å². The van der Waals surface area contributed by atoms with E-state index in [0.717, 1.165) is 5.56 Å². The van der Waals surface area contributed by atoms with Crippen LogP contribution in [-0.4, -0.2) is 24.4 Å². The highest BCUT2D eigenvalue weighted by atomic mass is 35.5. The molecule has 116 valence electrons. The van der Waals surface area contributed by atoms with Crippen LogP contribution in [0.15, 0.2) is 42.5 Å². The highest BCUT2D eigenvalue weighted by Crippen LogP contribution is 2.29. The molecule has 0 bridgehead atoms. The second-order valence-corrected chi connectivity index (χ2v) is 6.19. The number of benzene rings is 2. The van der Waals surface area contributed by atoms with Crippen molar-refractivity contribution in [3.05, 3.63) is 63.1 Å². The molecule has 2 aromatic rings. The van der Waals surface area contributed by atoms with Crippen molar-refractivity contribution in [1.29, 1.82) is 0 Å². The molecule has 0 saturated carbocycles. The lowest BCUT2D eigenvalue weighted by Gasteiger charge is -2.17. The first kappa shape index (κ1) is 17.1. The Morgan fingerprint density at radius 1 is 1.05 bits per heavy atom. The van der Waals surface area contributed by atoms with Gasteiger partial charge in [-0.05, 0) is 36.9 Å². The average molecular weight is 358 g/mol. The third-order valence-corrected chi connectivity index (χ3v) is 3.89. The topological polar surface area (TPSA) is 32.3 Å². The number of nitrogens with zero attached hydrogens (tertiary/aromatic N) is 1. The van der Waals surface area contributed by atoms with Gasteiger partial charge in [-0.2, -0.15) is 0 Å². The van der Waals surface area contributed by atoms with Gasteiger partial charge in [-0.3, -0.25) is 9.69 Å². The van der Waals surface area contributed by atoms with Crippen molar-refractivity contribution in [1.82, 2.24) is 4.90 Å². The average Bonchev–Trinajstić information content (AvgIpc) is 2.45. The van der Waals surface area contributed by atoms with E-state index in [4.69, 9.17) is 34.8 Å². The van der Waals surface area contributed by atoms with Crippen molar-refractivity contribution in [3.63, 3.8) is 0 Å². The van der Waals surface area contributed by atoms with Crippen molar-refractivity contribution in [2.75, 3.05) is 18.9 Å². The molecule has 0 aliphatic heterocycles. The quantitative estimate of drug-likeness (QED) is 0.840. The summed E-state index contributed by atoms with van der Waals surface area (Å²) in [5, 5.41) is 4.27. The Kier molecular flexibility index (Phi) is 6.09. The van der Waals surface area contributed by atoms with Crippen LogP contribution in [0.25, 0.3) is 0 Å². The van der Waals surface area contributed by atoms with E-state index in [2.05, 4.69) is 5.32 Å². The van der Waals surface area contributed by atoms with Crippen LogP contribution in [-0.2, 0) is 11.3 Å². The van der Waals surface area contributed by atoms with Gasteiger partial charge < -0.3 is 5.32 Å². The molecule has 1 N–H and O–H groups in total. The first-order chi connectivity index (χ1) is 10.5. The zero-order valence-electron chi connectivity index (χ0n) is 11.9. The Balaban J connectivity index is 1.92. The van der Waals surface area contributed by atoms with Gasteiger partial charge in [0.1, 0.15) is 0 Å². The zero-order valence-corrected chi connectivity index (χ0v) is 14.2. The first-order valence-corrected chi connectivity index (χ1v) is 7.76. The lowest BCUT2D eigenvalue weighted by molar-refractivity contribution is -0.117. The van der Waals surface area contributed by atoms with Gasteiger partial charge in [-0.25, -0.2) is 0 Å². The monoisotopic (exact) mass is 356 g/mol. The number of hydrogen-bond acceptors (Lipinski definition) is 2. The summed E-state index contributed by atoms with van der Waals surface area (Å²) < 4.78 is 0. The lowest BCUT2D eigenvalue weighted by atomic mass is 10.2. The normalized spacial score (nSPS) is 10.8. The van der Waals surface area contributed by atoms with Crippen LogP contribution in [0.2, 0.25) is 15.1 Å². The van der Waals surface area contributed by atoms with E-state index in [1.165, 1.54) is 0 Å². The van der Waals surface area contributed by atoms with Gasteiger partial charge in [0, 0.05) is 11.6 Å². The number of rotatable bonds is 5. The fraction of sp³-hybridized carbons (Fsp3) is 0.188. The molecular formula is C16H15Cl3N2O. The number of para-hydroxylation sites is 1. The number of carbonyl (C=O) groups is 1. The Morgan fingerprint density at radius 3 is 2.23 bits per heavy atom. The third-order valence-electron chi connectivity index (χ3n) is 3.01. The summed E-state index contributed by atoms with van der Waals surface area (Å²) in [5.74, 6) is -0.175. The largest absolute Gasteiger partial charge is 0.322 e. The maximum atomic E-state index is 12.1. The summed E-state index contributed by atoms with van der Waals surface area (Å²) in [7, 11) is 1.86. The van der Waals surface area contributed by atoms with E-state index in [1.54, 1.807) is 18.2 Å². The second kappa shape index (κ2) is 7.84. The maximum Gasteiger partial charge on any atom is 0.238 e. The molecular weight excluding hydrogens is 343 g/mol. The predicted octanol–water partition coefficient (Wildman–Crippen LogP) is 4.72. The first-order valence-electron chi connectivity index (χ1n) is 6.62. The van der Waals surface area contributed by atoms with Crippen molar-refractivity contribution in [3.8, 4) is 0 Å². The molecule has 0 heterocycles. The fourth-order valence-electron chi connectivity index (χ4n) is 2.00. The van der Waals surface area contributed by atoms with Gasteiger partial charge in [-0.1, -0.05) is 53.0 Å². The standard InChI is InChI=1S/C16H15Cl3N2O/c1-21(9-11-5-7-12(17)8-6-11)10-15(22)20-16-13(18)3-2-4-14(16)19/h2-8H,9-10H2,1H3,(H,20,22). The van der Waals surface area contributed by atoms with E-state index in [0.29, 0.717) is 27.3 Å². The molecule has 0 aliphatic rings. The number of likely N-dealkylation sites (N-methyl/N-ethyl adjacent to an activating group) is 1. The highest BCUT2D eigenvalue weighted by Gasteiger charge is 2.11. The highest BCUT2D eigenvalue weighted by molar-refractivity contribution is 6.39. The fourth-order valence-corrected chi connectivity index (χ4v) is 2.62. The molecule has 0 unspecified atom stereocenters. The van der Waals surface area contributed by atoms with E-state index in [1.807, 2.05) is 36.2 Å². The van der Waals surface area contributed by atoms with Crippen molar-refractivity contribution >= 4 is 46.4 Å². The third kappa shape index (κ3) is 4.89. The smallest absolute Gasteiger partial charge is 0.238 e. The Bertz CT molecular complexity index is 639. The molecule has 3 nitrogen and oxygen atoms in total. The summed E-state index contributed by atoms with van der Waals surface area (Å²) >= 11 is 17.9. The SMILES string of the molecule is CN(CC(=O)Nc1c(Cl)cccc1Cl)Cc1ccc(Cl)cc1. The molecule has 2 rings (SSSR count). The van der Waals surface area contributed by atoms with Crippen LogP contribution >= 0.6 is 34.8 Å². The van der Waals surface area contributed by atoms with E-state index >= 15 is 0 Å². The minimum absolute atomic E-state index is 0.175. The van der Waals surface area contributed by atoms with Crippen LogP contribution < -0.4 is 5.32 Å². The zero-order chi connectivity index (χ0) is 16.1. The minimum atomic E-state index is -0.175. The van der Waals surface area contributed by atoms with Gasteiger partial charge in [0.2, 0.25) is 5.91 Å². The molecule has 0 fully saturated rings. The molecule has 2 aromatic carbocycles. The summed E-state index contributed by atoms with van der Waals surface area (Å²) in [5.41, 5.74) is 1.52. The molecule has 0 aliphatic carbocycles. The minimum Gasteiger partial charge on any atom is -0.322 e. The summed E-state index contributed by atoms with van der Waals surface area (Å²) in [6, 6.07) is 12.6. The second-order valence-electron chi connectivity index (χ2n) is 4.94. The van der Waals surface area contributed by atoms with E-state index in [-0.39, 0.29) is 12.5 Å². The summed E-state index contributed by atoms with van der Waals surface area (Å²) in [6.07, 6.45) is 0. The van der Waals surface area contributed by atoms with Crippen molar-refractivity contribution < 1.29 is 4.79 Å². The summed E-state index contributed by atoms with van der Waals surface area (Å²) in [4.78, 5) is 14.0. The maximum absolute atomic E-state index is 12.1. The van der Waals surface area contributed by atoms with Crippen LogP contribution in [0.4, 0.5) is 5.69 Å². The number of carbonyl (C=O) groups excluding carboxylic acids is 1. The molecule has 1 amide bonds.